The van der Waals surface area contributed by atoms with Crippen LogP contribution in [0, 0.1) is 0 Å². The number of anilines is 1. The predicted molar refractivity (Wildman–Crippen MR) is 135 cm³/mol. The summed E-state index contributed by atoms with van der Waals surface area (Å²) in [5.74, 6) is 1.72. The van der Waals surface area contributed by atoms with Crippen LogP contribution >= 0.6 is 0 Å². The minimum atomic E-state index is -4.51. The van der Waals surface area contributed by atoms with Gasteiger partial charge < -0.3 is 14.6 Å². The normalized spacial score (nSPS) is 14.9. The molecule has 1 saturated carbocycles. The number of methoxy groups -OCH3 is 1. The molecule has 6 rings (SSSR count). The summed E-state index contributed by atoms with van der Waals surface area (Å²) in [7, 11) is 3.06. The molecule has 0 aliphatic heterocycles. The fourth-order valence-corrected chi connectivity index (χ4v) is 4.81. The van der Waals surface area contributed by atoms with Gasteiger partial charge in [0.2, 0.25) is 5.88 Å². The van der Waals surface area contributed by atoms with Gasteiger partial charge in [0.25, 0.3) is 0 Å². The molecule has 200 valence electrons. The molecule has 3 aromatic heterocycles. The van der Waals surface area contributed by atoms with Crippen LogP contribution in [0.4, 0.5) is 19.0 Å². The van der Waals surface area contributed by atoms with E-state index >= 15 is 0 Å². The van der Waals surface area contributed by atoms with Gasteiger partial charge in [-0.25, -0.2) is 24.9 Å². The van der Waals surface area contributed by atoms with Crippen LogP contribution in [0.5, 0.6) is 5.88 Å². The average molecular weight is 536 g/mol. The van der Waals surface area contributed by atoms with Crippen molar-refractivity contribution in [3.05, 3.63) is 65.0 Å². The number of ketones is 1. The maximum absolute atomic E-state index is 13.1. The number of imidazole rings is 1. The number of carbonyl (C=O) groups excluding carboxylic acids is 1. The molecular weight excluding hydrogens is 511 g/mol. The number of ether oxygens (including phenoxy) is 1. The zero-order valence-corrected chi connectivity index (χ0v) is 21.2. The number of carbonyl (C=O) groups is 1. The van der Waals surface area contributed by atoms with E-state index in [2.05, 4.69) is 25.3 Å². The number of hydrogen-bond donors (Lipinski definition) is 1. The van der Waals surface area contributed by atoms with Crippen LogP contribution in [0.1, 0.15) is 58.2 Å². The molecule has 0 spiro atoms. The van der Waals surface area contributed by atoms with E-state index in [4.69, 9.17) is 9.72 Å². The highest BCUT2D eigenvalue weighted by atomic mass is 19.4. The zero-order chi connectivity index (χ0) is 27.3. The SMILES string of the molecule is COc1ncnc(C2CC2)c1-c1nc(NCc2ccc(-c3nc(C(F)(F)F)cn3C)cc2)c2c(n1)C(=O)CC2. The van der Waals surface area contributed by atoms with E-state index in [-0.39, 0.29) is 17.5 Å². The van der Waals surface area contributed by atoms with Crippen LogP contribution in [0.2, 0.25) is 0 Å². The quantitative estimate of drug-likeness (QED) is 0.353. The van der Waals surface area contributed by atoms with Gasteiger partial charge in [0.1, 0.15) is 29.2 Å². The van der Waals surface area contributed by atoms with Crippen LogP contribution in [0.3, 0.4) is 0 Å². The highest BCUT2D eigenvalue weighted by Gasteiger charge is 2.35. The van der Waals surface area contributed by atoms with E-state index < -0.39 is 11.9 Å². The minimum Gasteiger partial charge on any atom is -0.480 e. The Bertz CT molecular complexity index is 1580. The Morgan fingerprint density at radius 1 is 1.08 bits per heavy atom. The molecule has 2 aliphatic rings. The second kappa shape index (κ2) is 9.44. The van der Waals surface area contributed by atoms with Gasteiger partial charge in [-0.05, 0) is 24.8 Å². The molecule has 39 heavy (non-hydrogen) atoms. The molecular formula is C27H24F3N7O2. The fraction of sp³-hybridized carbons (Fsp3) is 0.333. The smallest absolute Gasteiger partial charge is 0.434 e. The molecule has 3 heterocycles. The number of nitrogens with zero attached hydrogens (tertiary/aromatic N) is 6. The van der Waals surface area contributed by atoms with E-state index in [0.29, 0.717) is 53.7 Å². The van der Waals surface area contributed by atoms with E-state index in [9.17, 15) is 18.0 Å². The van der Waals surface area contributed by atoms with Gasteiger partial charge in [0.15, 0.2) is 17.3 Å². The van der Waals surface area contributed by atoms with Crippen molar-refractivity contribution in [3.63, 3.8) is 0 Å². The number of halogens is 3. The van der Waals surface area contributed by atoms with Crippen LogP contribution in [0.15, 0.2) is 36.8 Å². The maximum atomic E-state index is 13.1. The van der Waals surface area contributed by atoms with Crippen LogP contribution in [0.25, 0.3) is 22.8 Å². The van der Waals surface area contributed by atoms with Crippen molar-refractivity contribution in [2.24, 2.45) is 7.05 Å². The van der Waals surface area contributed by atoms with Crippen molar-refractivity contribution in [1.82, 2.24) is 29.5 Å². The molecule has 0 unspecified atom stereocenters. The number of fused-ring (bicyclic) bond motifs is 1. The second-order valence-electron chi connectivity index (χ2n) is 9.67. The zero-order valence-electron chi connectivity index (χ0n) is 21.2. The number of alkyl halides is 3. The third-order valence-electron chi connectivity index (χ3n) is 6.94. The summed E-state index contributed by atoms with van der Waals surface area (Å²) in [4.78, 5) is 34.5. The Kier molecular flexibility index (Phi) is 6.04. The summed E-state index contributed by atoms with van der Waals surface area (Å²) in [5, 5.41) is 3.33. The largest absolute Gasteiger partial charge is 0.480 e. The summed E-state index contributed by atoms with van der Waals surface area (Å²) in [6.07, 6.45) is 0.842. The lowest BCUT2D eigenvalue weighted by Crippen LogP contribution is -2.10. The summed E-state index contributed by atoms with van der Waals surface area (Å²) < 4.78 is 46.0. The minimum absolute atomic E-state index is 0.0434. The van der Waals surface area contributed by atoms with Gasteiger partial charge >= 0.3 is 6.18 Å². The highest BCUT2D eigenvalue weighted by Crippen LogP contribution is 2.45. The number of Topliss-reactive ketones (excluding diaryl/α,β-unsaturated/α-hetero) is 1. The first-order chi connectivity index (χ1) is 18.7. The average Bonchev–Trinajstić information content (AvgIpc) is 3.60. The summed E-state index contributed by atoms with van der Waals surface area (Å²) in [6.45, 7) is 0.379. The van der Waals surface area contributed by atoms with E-state index in [1.165, 1.54) is 25.1 Å². The van der Waals surface area contributed by atoms with Crippen LogP contribution < -0.4 is 10.1 Å². The number of hydrogen-bond acceptors (Lipinski definition) is 8. The molecule has 1 fully saturated rings. The lowest BCUT2D eigenvalue weighted by atomic mass is 10.1. The first-order valence-electron chi connectivity index (χ1n) is 12.5. The van der Waals surface area contributed by atoms with Crippen molar-refractivity contribution in [1.29, 1.82) is 0 Å². The van der Waals surface area contributed by atoms with Gasteiger partial charge in [-0.2, -0.15) is 13.2 Å². The number of benzene rings is 1. The van der Waals surface area contributed by atoms with Crippen molar-refractivity contribution >= 4 is 11.6 Å². The third-order valence-corrected chi connectivity index (χ3v) is 6.94. The lowest BCUT2D eigenvalue weighted by Gasteiger charge is -2.15. The molecule has 12 heteroatoms. The first kappa shape index (κ1) is 25.0. The Hall–Kier alpha value is -4.35. The number of rotatable bonds is 7. The molecule has 9 nitrogen and oxygen atoms in total. The Morgan fingerprint density at radius 3 is 2.51 bits per heavy atom. The van der Waals surface area contributed by atoms with Gasteiger partial charge in [0.05, 0.1) is 12.8 Å². The van der Waals surface area contributed by atoms with E-state index in [1.54, 1.807) is 12.1 Å². The summed E-state index contributed by atoms with van der Waals surface area (Å²) >= 11 is 0. The predicted octanol–water partition coefficient (Wildman–Crippen LogP) is 4.98. The number of nitrogens with one attached hydrogen (secondary N) is 1. The number of aryl methyl sites for hydroxylation is 1. The molecule has 2 aliphatic carbocycles. The molecule has 0 saturated heterocycles. The highest BCUT2D eigenvalue weighted by molar-refractivity contribution is 6.00. The van der Waals surface area contributed by atoms with Crippen LogP contribution in [-0.4, -0.2) is 42.4 Å². The van der Waals surface area contributed by atoms with Crippen molar-refractivity contribution in [2.75, 3.05) is 12.4 Å². The molecule has 0 bridgehead atoms. The summed E-state index contributed by atoms with van der Waals surface area (Å²) in [5.41, 5.74) is 3.08. The molecule has 4 aromatic rings. The molecule has 1 aromatic carbocycles. The summed E-state index contributed by atoms with van der Waals surface area (Å²) in [6, 6.07) is 7.09. The first-order valence-corrected chi connectivity index (χ1v) is 12.5. The Morgan fingerprint density at radius 2 is 1.85 bits per heavy atom. The second-order valence-corrected chi connectivity index (χ2v) is 9.67. The lowest BCUT2D eigenvalue weighted by molar-refractivity contribution is -0.140. The topological polar surface area (TPSA) is 108 Å². The van der Waals surface area contributed by atoms with E-state index in [1.807, 2.05) is 12.1 Å². The third kappa shape index (κ3) is 4.70. The van der Waals surface area contributed by atoms with Crippen molar-refractivity contribution < 1.29 is 22.7 Å². The Balaban J connectivity index is 1.29. The fourth-order valence-electron chi connectivity index (χ4n) is 4.81. The molecule has 0 atom stereocenters. The standard InChI is InChI=1S/C27H24F3N7O2/c1-37-12-19(27(28,29)30)34-25(37)16-5-3-14(4-6-16)11-31-23-17-9-10-18(38)22(17)35-24(36-23)20-21(15-7-8-15)32-13-33-26(20)39-2/h3-6,12-13,15H,7-11H2,1-2H3,(H,31,35,36). The van der Waals surface area contributed by atoms with Gasteiger partial charge in [-0.3, -0.25) is 4.79 Å². The van der Waals surface area contributed by atoms with Crippen molar-refractivity contribution in [2.45, 2.75) is 44.3 Å². The van der Waals surface area contributed by atoms with Gasteiger partial charge in [-0.15, -0.1) is 0 Å². The van der Waals surface area contributed by atoms with Gasteiger partial charge in [-0.1, -0.05) is 24.3 Å². The molecule has 1 N–H and O–H groups in total. The molecule has 0 radical (unpaired) electrons. The van der Waals surface area contributed by atoms with Crippen LogP contribution in [-0.2, 0) is 26.2 Å². The number of aromatic nitrogens is 6. The van der Waals surface area contributed by atoms with Crippen molar-refractivity contribution in [3.8, 4) is 28.7 Å². The van der Waals surface area contributed by atoms with E-state index in [0.717, 1.165) is 35.9 Å². The monoisotopic (exact) mass is 535 g/mol. The Labute approximate surface area is 221 Å². The van der Waals surface area contributed by atoms with Gasteiger partial charge in [0, 0.05) is 43.3 Å². The maximum Gasteiger partial charge on any atom is 0.434 e. The molecule has 0 amide bonds.